The highest BCUT2D eigenvalue weighted by Crippen LogP contribution is 2.34. The Hall–Kier alpha value is -1.19. The van der Waals surface area contributed by atoms with Crippen LogP contribution in [0.2, 0.25) is 0 Å². The van der Waals surface area contributed by atoms with Crippen LogP contribution in [0.25, 0.3) is 0 Å². The topological polar surface area (TPSA) is 24.9 Å². The Morgan fingerprint density at radius 2 is 2.06 bits per heavy atom. The molecule has 18 heavy (non-hydrogen) atoms. The number of hydrogen-bond donors (Lipinski definition) is 1. The van der Waals surface area contributed by atoms with E-state index in [1.165, 1.54) is 23.4 Å². The molecule has 1 saturated carbocycles. The van der Waals surface area contributed by atoms with E-state index in [0.29, 0.717) is 18.0 Å². The predicted octanol–water partition coefficient (Wildman–Crippen LogP) is 3.74. The van der Waals surface area contributed by atoms with Gasteiger partial charge in [0.1, 0.15) is 5.01 Å². The summed E-state index contributed by atoms with van der Waals surface area (Å²) in [6.07, 6.45) is 4.52. The molecule has 94 valence electrons. The monoisotopic (exact) mass is 258 g/mol. The zero-order valence-electron chi connectivity index (χ0n) is 10.5. The molecule has 0 bridgehead atoms. The van der Waals surface area contributed by atoms with Crippen molar-refractivity contribution in [2.75, 3.05) is 0 Å². The van der Waals surface area contributed by atoms with Crippen molar-refractivity contribution in [3.63, 3.8) is 0 Å². The van der Waals surface area contributed by atoms with Gasteiger partial charge < -0.3 is 5.32 Å². The van der Waals surface area contributed by atoms with Crippen LogP contribution in [0.5, 0.6) is 0 Å². The van der Waals surface area contributed by atoms with Crippen molar-refractivity contribution < 1.29 is 0 Å². The first-order valence-electron chi connectivity index (χ1n) is 6.55. The molecule has 2 aromatic rings. The van der Waals surface area contributed by atoms with Gasteiger partial charge in [0.2, 0.25) is 0 Å². The normalized spacial score (nSPS) is 18.5. The molecule has 2 atom stereocenters. The zero-order valence-corrected chi connectivity index (χ0v) is 11.4. The molecule has 1 aliphatic carbocycles. The number of aromatic nitrogens is 1. The molecular weight excluding hydrogens is 240 g/mol. The summed E-state index contributed by atoms with van der Waals surface area (Å²) in [6, 6.07) is 11.8. The van der Waals surface area contributed by atoms with Crippen LogP contribution in [0.1, 0.15) is 42.3 Å². The first-order valence-corrected chi connectivity index (χ1v) is 7.43. The zero-order chi connectivity index (χ0) is 12.4. The van der Waals surface area contributed by atoms with E-state index in [1.54, 1.807) is 11.3 Å². The molecule has 1 aromatic carbocycles. The lowest BCUT2D eigenvalue weighted by molar-refractivity contribution is 0.461. The molecule has 0 amide bonds. The van der Waals surface area contributed by atoms with Gasteiger partial charge in [0, 0.05) is 23.5 Å². The molecule has 1 N–H and O–H groups in total. The second-order valence-electron chi connectivity index (χ2n) is 4.99. The molecule has 1 aromatic heterocycles. The molecule has 0 saturated heterocycles. The number of benzene rings is 1. The van der Waals surface area contributed by atoms with Gasteiger partial charge in [-0.3, -0.25) is 0 Å². The summed E-state index contributed by atoms with van der Waals surface area (Å²) in [5.41, 5.74) is 1.38. The lowest BCUT2D eigenvalue weighted by atomic mass is 9.93. The molecule has 2 nitrogen and oxygen atoms in total. The highest BCUT2D eigenvalue weighted by atomic mass is 32.1. The first-order chi connectivity index (χ1) is 8.84. The van der Waals surface area contributed by atoms with Gasteiger partial charge in [0.05, 0.1) is 6.04 Å². The van der Waals surface area contributed by atoms with Crippen molar-refractivity contribution in [1.29, 1.82) is 0 Å². The van der Waals surface area contributed by atoms with Crippen molar-refractivity contribution >= 4 is 11.3 Å². The highest BCUT2D eigenvalue weighted by molar-refractivity contribution is 7.09. The minimum absolute atomic E-state index is 0.347. The predicted molar refractivity (Wildman–Crippen MR) is 75.9 cm³/mol. The van der Waals surface area contributed by atoms with Crippen LogP contribution in [0.15, 0.2) is 41.9 Å². The van der Waals surface area contributed by atoms with Gasteiger partial charge in [-0.15, -0.1) is 11.3 Å². The fourth-order valence-corrected chi connectivity index (χ4v) is 3.07. The summed E-state index contributed by atoms with van der Waals surface area (Å²) < 4.78 is 0. The van der Waals surface area contributed by atoms with Crippen LogP contribution in [-0.2, 0) is 0 Å². The Kier molecular flexibility index (Phi) is 3.43. The molecule has 0 radical (unpaired) electrons. The number of hydrogen-bond acceptors (Lipinski definition) is 3. The van der Waals surface area contributed by atoms with E-state index in [1.807, 2.05) is 6.20 Å². The van der Waals surface area contributed by atoms with Gasteiger partial charge in [-0.1, -0.05) is 37.3 Å². The van der Waals surface area contributed by atoms with Gasteiger partial charge in [-0.05, 0) is 18.4 Å². The van der Waals surface area contributed by atoms with Crippen LogP contribution in [0, 0.1) is 0 Å². The van der Waals surface area contributed by atoms with Crippen molar-refractivity contribution in [3.05, 3.63) is 52.5 Å². The molecule has 0 spiro atoms. The summed E-state index contributed by atoms with van der Waals surface area (Å²) in [5.74, 6) is 0.456. The van der Waals surface area contributed by atoms with Gasteiger partial charge >= 0.3 is 0 Å². The Morgan fingerprint density at radius 3 is 2.67 bits per heavy atom. The second kappa shape index (κ2) is 5.21. The van der Waals surface area contributed by atoms with Crippen LogP contribution in [-0.4, -0.2) is 11.0 Å². The Labute approximate surface area is 112 Å². The van der Waals surface area contributed by atoms with E-state index in [4.69, 9.17) is 0 Å². The fourth-order valence-electron chi connectivity index (χ4n) is 2.27. The fraction of sp³-hybridized carbons (Fsp3) is 0.400. The van der Waals surface area contributed by atoms with Gasteiger partial charge in [-0.25, -0.2) is 4.98 Å². The van der Waals surface area contributed by atoms with E-state index in [9.17, 15) is 0 Å². The Balaban J connectivity index is 1.83. The maximum Gasteiger partial charge on any atom is 0.110 e. The van der Waals surface area contributed by atoms with E-state index in [2.05, 4.69) is 52.9 Å². The maximum absolute atomic E-state index is 4.50. The van der Waals surface area contributed by atoms with Gasteiger partial charge in [0.25, 0.3) is 0 Å². The van der Waals surface area contributed by atoms with Gasteiger partial charge in [0.15, 0.2) is 0 Å². The number of thiazole rings is 1. The van der Waals surface area contributed by atoms with Crippen molar-refractivity contribution in [2.45, 2.75) is 37.8 Å². The third kappa shape index (κ3) is 2.62. The second-order valence-corrected chi connectivity index (χ2v) is 5.91. The van der Waals surface area contributed by atoms with Crippen molar-refractivity contribution in [2.24, 2.45) is 0 Å². The van der Waals surface area contributed by atoms with Gasteiger partial charge in [-0.2, -0.15) is 0 Å². The van der Waals surface area contributed by atoms with E-state index in [0.717, 1.165) is 0 Å². The summed E-state index contributed by atoms with van der Waals surface area (Å²) in [7, 11) is 0. The molecule has 1 heterocycles. The Bertz CT molecular complexity index is 476. The smallest absolute Gasteiger partial charge is 0.110 e. The number of nitrogens with one attached hydrogen (secondary N) is 1. The highest BCUT2D eigenvalue weighted by Gasteiger charge is 2.30. The van der Waals surface area contributed by atoms with Crippen LogP contribution >= 0.6 is 11.3 Å². The van der Waals surface area contributed by atoms with E-state index < -0.39 is 0 Å². The molecule has 2 unspecified atom stereocenters. The molecule has 3 rings (SSSR count). The molecular formula is C15H18N2S. The van der Waals surface area contributed by atoms with Crippen LogP contribution in [0.3, 0.4) is 0 Å². The summed E-state index contributed by atoms with van der Waals surface area (Å²) >= 11 is 1.75. The first kappa shape index (κ1) is 11.9. The minimum Gasteiger partial charge on any atom is -0.305 e. The largest absolute Gasteiger partial charge is 0.305 e. The Morgan fingerprint density at radius 1 is 1.28 bits per heavy atom. The standard InChI is InChI=1S/C15H18N2S/c1-11(12-5-3-2-4-6-12)14(17-13-7-8-13)15-16-9-10-18-15/h2-6,9-11,13-14,17H,7-8H2,1H3. The quantitative estimate of drug-likeness (QED) is 0.883. The summed E-state index contributed by atoms with van der Waals surface area (Å²) in [6.45, 7) is 2.29. The van der Waals surface area contributed by atoms with Crippen LogP contribution < -0.4 is 5.32 Å². The van der Waals surface area contributed by atoms with Crippen LogP contribution in [0.4, 0.5) is 0 Å². The lowest BCUT2D eigenvalue weighted by Crippen LogP contribution is -2.27. The average molecular weight is 258 g/mol. The number of rotatable bonds is 5. The van der Waals surface area contributed by atoms with Crippen molar-refractivity contribution in [3.8, 4) is 0 Å². The summed E-state index contributed by atoms with van der Waals surface area (Å²) in [5, 5.41) is 7.01. The average Bonchev–Trinajstić information content (AvgIpc) is 3.08. The van der Waals surface area contributed by atoms with E-state index in [-0.39, 0.29) is 0 Å². The van der Waals surface area contributed by atoms with Crippen molar-refractivity contribution in [1.82, 2.24) is 10.3 Å². The molecule has 1 aliphatic rings. The minimum atomic E-state index is 0.347. The molecule has 0 aliphatic heterocycles. The summed E-state index contributed by atoms with van der Waals surface area (Å²) in [4.78, 5) is 4.50. The lowest BCUT2D eigenvalue weighted by Gasteiger charge is -2.24. The number of nitrogens with zero attached hydrogens (tertiary/aromatic N) is 1. The maximum atomic E-state index is 4.50. The molecule has 1 fully saturated rings. The third-order valence-corrected chi connectivity index (χ3v) is 4.39. The molecule has 3 heteroatoms. The SMILES string of the molecule is CC(c1ccccc1)C(NC1CC1)c1nccs1. The van der Waals surface area contributed by atoms with E-state index >= 15 is 0 Å². The third-order valence-electron chi connectivity index (χ3n) is 3.54.